The van der Waals surface area contributed by atoms with E-state index in [0.717, 1.165) is 12.1 Å². The van der Waals surface area contributed by atoms with Crippen LogP contribution in [0.1, 0.15) is 12.5 Å². The third kappa shape index (κ3) is 1.97. The molecule has 0 bridgehead atoms. The Kier molecular flexibility index (Phi) is 2.96. The van der Waals surface area contributed by atoms with Crippen molar-refractivity contribution in [1.82, 2.24) is 4.90 Å². The molecule has 18 heavy (non-hydrogen) atoms. The average Bonchev–Trinajstić information content (AvgIpc) is 2.82. The minimum Gasteiger partial charge on any atom is -0.377 e. The van der Waals surface area contributed by atoms with Crippen LogP contribution in [0.3, 0.4) is 0 Å². The molecule has 3 rings (SSSR count). The van der Waals surface area contributed by atoms with Gasteiger partial charge in [0.15, 0.2) is 0 Å². The highest BCUT2D eigenvalue weighted by molar-refractivity contribution is 5.87. The van der Waals surface area contributed by atoms with Crippen LogP contribution in [0.5, 0.6) is 0 Å². The lowest BCUT2D eigenvalue weighted by molar-refractivity contribution is -0.139. The zero-order valence-corrected chi connectivity index (χ0v) is 10.6. The van der Waals surface area contributed by atoms with Crippen LogP contribution in [-0.2, 0) is 16.0 Å². The first kappa shape index (κ1) is 11.5. The summed E-state index contributed by atoms with van der Waals surface area (Å²) in [6, 6.07) is 8.20. The molecule has 2 aliphatic rings. The smallest absolute Gasteiger partial charge is 0.245 e. The number of rotatable bonds is 1. The van der Waals surface area contributed by atoms with Gasteiger partial charge in [-0.25, -0.2) is 0 Å². The summed E-state index contributed by atoms with van der Waals surface area (Å²) < 4.78 is 5.37. The number of nitrogens with zero attached hydrogens (tertiary/aromatic N) is 1. The van der Waals surface area contributed by atoms with Gasteiger partial charge in [-0.2, -0.15) is 0 Å². The summed E-state index contributed by atoms with van der Waals surface area (Å²) in [5.74, 6) is 0.196. The molecule has 0 saturated carbocycles. The number of nitrogens with one attached hydrogen (secondary N) is 1. The van der Waals surface area contributed by atoms with Crippen LogP contribution in [0.4, 0.5) is 5.69 Å². The molecule has 0 aliphatic carbocycles. The van der Waals surface area contributed by atoms with Crippen molar-refractivity contribution in [2.24, 2.45) is 0 Å². The van der Waals surface area contributed by atoms with Gasteiger partial charge in [0, 0.05) is 18.7 Å². The van der Waals surface area contributed by atoms with E-state index in [1.807, 2.05) is 30.0 Å². The van der Waals surface area contributed by atoms with E-state index in [-0.39, 0.29) is 18.0 Å². The van der Waals surface area contributed by atoms with Crippen molar-refractivity contribution in [2.45, 2.75) is 25.4 Å². The maximum atomic E-state index is 12.5. The van der Waals surface area contributed by atoms with E-state index in [1.54, 1.807) is 0 Å². The van der Waals surface area contributed by atoms with Crippen molar-refractivity contribution in [3.63, 3.8) is 0 Å². The Hall–Kier alpha value is -1.55. The minimum atomic E-state index is -0.108. The molecule has 2 unspecified atom stereocenters. The summed E-state index contributed by atoms with van der Waals surface area (Å²) in [6.45, 7) is 4.04. The maximum Gasteiger partial charge on any atom is 0.245 e. The van der Waals surface area contributed by atoms with E-state index < -0.39 is 0 Å². The number of morpholine rings is 1. The van der Waals surface area contributed by atoms with Gasteiger partial charge < -0.3 is 15.0 Å². The molecule has 96 valence electrons. The zero-order valence-electron chi connectivity index (χ0n) is 10.6. The van der Waals surface area contributed by atoms with E-state index in [9.17, 15) is 4.79 Å². The standard InChI is InChI=1S/C14H18N2O2/c1-10-9-18-7-6-16(10)14(17)13-8-11-4-2-3-5-12(11)15-13/h2-5,10,13,15H,6-9H2,1H3. The molecule has 2 heterocycles. The Morgan fingerprint density at radius 1 is 1.44 bits per heavy atom. The van der Waals surface area contributed by atoms with Gasteiger partial charge in [0.05, 0.1) is 19.3 Å². The molecular weight excluding hydrogens is 228 g/mol. The van der Waals surface area contributed by atoms with Gasteiger partial charge in [-0.05, 0) is 18.6 Å². The molecule has 2 aliphatic heterocycles. The number of ether oxygens (including phenoxy) is 1. The average molecular weight is 246 g/mol. The number of carbonyl (C=O) groups excluding carboxylic acids is 1. The summed E-state index contributed by atoms with van der Waals surface area (Å²) in [4.78, 5) is 14.4. The monoisotopic (exact) mass is 246 g/mol. The predicted octanol–water partition coefficient (Wildman–Crippen LogP) is 1.27. The van der Waals surface area contributed by atoms with E-state index in [4.69, 9.17) is 4.74 Å². The molecule has 1 N–H and O–H groups in total. The summed E-state index contributed by atoms with van der Waals surface area (Å²) in [7, 11) is 0. The Labute approximate surface area is 107 Å². The fourth-order valence-electron chi connectivity index (χ4n) is 2.70. The quantitative estimate of drug-likeness (QED) is 0.811. The number of carbonyl (C=O) groups is 1. The number of para-hydroxylation sites is 1. The van der Waals surface area contributed by atoms with Crippen molar-refractivity contribution in [3.05, 3.63) is 29.8 Å². The predicted molar refractivity (Wildman–Crippen MR) is 69.6 cm³/mol. The van der Waals surface area contributed by atoms with Crippen LogP contribution in [0.2, 0.25) is 0 Å². The van der Waals surface area contributed by atoms with Crippen LogP contribution in [0.15, 0.2) is 24.3 Å². The van der Waals surface area contributed by atoms with Gasteiger partial charge in [-0.1, -0.05) is 18.2 Å². The Balaban J connectivity index is 1.72. The zero-order chi connectivity index (χ0) is 12.5. The topological polar surface area (TPSA) is 41.6 Å². The second-order valence-corrected chi connectivity index (χ2v) is 5.01. The molecule has 1 fully saturated rings. The lowest BCUT2D eigenvalue weighted by Crippen LogP contribution is -2.52. The van der Waals surface area contributed by atoms with Crippen LogP contribution in [0, 0.1) is 0 Å². The highest BCUT2D eigenvalue weighted by Crippen LogP contribution is 2.26. The molecule has 4 heteroatoms. The van der Waals surface area contributed by atoms with Gasteiger partial charge in [0.25, 0.3) is 0 Å². The van der Waals surface area contributed by atoms with Crippen molar-refractivity contribution in [3.8, 4) is 0 Å². The second-order valence-electron chi connectivity index (χ2n) is 5.01. The number of anilines is 1. The van der Waals surface area contributed by atoms with Crippen LogP contribution in [-0.4, -0.2) is 42.6 Å². The number of benzene rings is 1. The van der Waals surface area contributed by atoms with E-state index in [0.29, 0.717) is 19.8 Å². The van der Waals surface area contributed by atoms with Gasteiger partial charge >= 0.3 is 0 Å². The Morgan fingerprint density at radius 3 is 3.06 bits per heavy atom. The largest absolute Gasteiger partial charge is 0.377 e. The molecule has 4 nitrogen and oxygen atoms in total. The highest BCUT2D eigenvalue weighted by Gasteiger charge is 2.33. The molecule has 1 aromatic carbocycles. The first-order chi connectivity index (χ1) is 8.75. The molecule has 1 aromatic rings. The number of fused-ring (bicyclic) bond motifs is 1. The van der Waals surface area contributed by atoms with Gasteiger partial charge in [0.2, 0.25) is 5.91 Å². The fraction of sp³-hybridized carbons (Fsp3) is 0.500. The third-order valence-electron chi connectivity index (χ3n) is 3.72. The summed E-state index contributed by atoms with van der Waals surface area (Å²) >= 11 is 0. The number of hydrogen-bond acceptors (Lipinski definition) is 3. The van der Waals surface area contributed by atoms with Crippen molar-refractivity contribution in [2.75, 3.05) is 25.1 Å². The second kappa shape index (κ2) is 4.61. The van der Waals surface area contributed by atoms with Crippen LogP contribution >= 0.6 is 0 Å². The van der Waals surface area contributed by atoms with Crippen molar-refractivity contribution >= 4 is 11.6 Å². The summed E-state index contributed by atoms with van der Waals surface area (Å²) in [5, 5.41) is 3.32. The Bertz CT molecular complexity index is 436. The van der Waals surface area contributed by atoms with Gasteiger partial charge in [0.1, 0.15) is 6.04 Å². The number of amides is 1. The molecule has 2 atom stereocenters. The SMILES string of the molecule is CC1COCCN1C(=O)C1Cc2ccccc2N1. The first-order valence-electron chi connectivity index (χ1n) is 6.48. The van der Waals surface area contributed by atoms with E-state index >= 15 is 0 Å². The summed E-state index contributed by atoms with van der Waals surface area (Å²) in [5.41, 5.74) is 2.33. The van der Waals surface area contributed by atoms with E-state index in [2.05, 4.69) is 11.4 Å². The highest BCUT2D eigenvalue weighted by atomic mass is 16.5. The van der Waals surface area contributed by atoms with Crippen molar-refractivity contribution < 1.29 is 9.53 Å². The Morgan fingerprint density at radius 2 is 2.28 bits per heavy atom. The molecule has 1 amide bonds. The maximum absolute atomic E-state index is 12.5. The molecule has 0 radical (unpaired) electrons. The summed E-state index contributed by atoms with van der Waals surface area (Å²) in [6.07, 6.45) is 0.791. The molecular formula is C14H18N2O2. The van der Waals surface area contributed by atoms with Crippen LogP contribution in [0.25, 0.3) is 0 Å². The fourth-order valence-corrected chi connectivity index (χ4v) is 2.70. The van der Waals surface area contributed by atoms with Gasteiger partial charge in [-0.3, -0.25) is 4.79 Å². The number of hydrogen-bond donors (Lipinski definition) is 1. The third-order valence-corrected chi connectivity index (χ3v) is 3.72. The van der Waals surface area contributed by atoms with Gasteiger partial charge in [-0.15, -0.1) is 0 Å². The molecule has 1 saturated heterocycles. The lowest BCUT2D eigenvalue weighted by Gasteiger charge is -2.35. The molecule has 0 spiro atoms. The first-order valence-corrected chi connectivity index (χ1v) is 6.48. The normalized spacial score (nSPS) is 26.6. The minimum absolute atomic E-state index is 0.108. The lowest BCUT2D eigenvalue weighted by atomic mass is 10.1. The van der Waals surface area contributed by atoms with Crippen molar-refractivity contribution in [1.29, 1.82) is 0 Å². The molecule has 0 aromatic heterocycles. The van der Waals surface area contributed by atoms with Crippen LogP contribution < -0.4 is 5.32 Å². The van der Waals surface area contributed by atoms with E-state index in [1.165, 1.54) is 5.56 Å².